The SMILES string of the molecule is CC(C)(C)c1ccc(C(=O)c2cccc(NC(=O)CCCN3c4cccc5cccc(c45)S3(=O)=O)c2)cc1. The minimum absolute atomic E-state index is 0.00204. The van der Waals surface area contributed by atoms with Crippen molar-refractivity contribution in [1.29, 1.82) is 0 Å². The summed E-state index contributed by atoms with van der Waals surface area (Å²) in [6.07, 6.45) is 0.499. The molecule has 0 radical (unpaired) electrons. The maximum absolute atomic E-state index is 13.1. The summed E-state index contributed by atoms with van der Waals surface area (Å²) in [5.41, 5.74) is 3.41. The molecule has 0 saturated heterocycles. The van der Waals surface area contributed by atoms with E-state index in [2.05, 4.69) is 26.1 Å². The van der Waals surface area contributed by atoms with Crippen molar-refractivity contribution in [2.75, 3.05) is 16.2 Å². The number of carbonyl (C=O) groups excluding carboxylic acids is 2. The number of hydrogen-bond donors (Lipinski definition) is 1. The summed E-state index contributed by atoms with van der Waals surface area (Å²) >= 11 is 0. The van der Waals surface area contributed by atoms with Crippen LogP contribution in [0, 0.1) is 0 Å². The standard InChI is InChI=1S/C31H30N2O4S/c1-31(2,3)24-17-15-22(16-18-24)30(35)23-10-4-11-25(20-23)32-28(34)14-7-19-33-26-12-5-8-21-9-6-13-27(29(21)26)38(33,36)37/h4-6,8-13,15-18,20H,7,14,19H2,1-3H3,(H,32,34). The van der Waals surface area contributed by atoms with Crippen molar-refractivity contribution in [3.63, 3.8) is 0 Å². The predicted octanol–water partition coefficient (Wildman–Crippen LogP) is 6.30. The maximum Gasteiger partial charge on any atom is 0.265 e. The fourth-order valence-electron chi connectivity index (χ4n) is 4.83. The van der Waals surface area contributed by atoms with Crippen molar-refractivity contribution in [3.05, 3.63) is 102 Å². The molecule has 0 unspecified atom stereocenters. The van der Waals surface area contributed by atoms with Crippen molar-refractivity contribution in [2.45, 2.75) is 43.9 Å². The zero-order valence-electron chi connectivity index (χ0n) is 21.7. The molecule has 5 rings (SSSR count). The van der Waals surface area contributed by atoms with E-state index in [1.54, 1.807) is 42.5 Å². The van der Waals surface area contributed by atoms with Gasteiger partial charge in [0, 0.05) is 35.2 Å². The highest BCUT2D eigenvalue weighted by Gasteiger charge is 2.35. The Bertz CT molecular complexity index is 1650. The van der Waals surface area contributed by atoms with Crippen LogP contribution in [0.25, 0.3) is 10.8 Å². The molecule has 0 atom stereocenters. The summed E-state index contributed by atoms with van der Waals surface area (Å²) in [4.78, 5) is 26.0. The molecule has 38 heavy (non-hydrogen) atoms. The van der Waals surface area contributed by atoms with Crippen LogP contribution in [0.3, 0.4) is 0 Å². The number of rotatable bonds is 7. The van der Waals surface area contributed by atoms with Gasteiger partial charge in [-0.15, -0.1) is 0 Å². The lowest BCUT2D eigenvalue weighted by atomic mass is 9.86. The van der Waals surface area contributed by atoms with Crippen LogP contribution < -0.4 is 9.62 Å². The fraction of sp³-hybridized carbons (Fsp3) is 0.226. The van der Waals surface area contributed by atoms with Gasteiger partial charge in [0.05, 0.1) is 10.6 Å². The van der Waals surface area contributed by atoms with Crippen molar-refractivity contribution in [1.82, 2.24) is 0 Å². The summed E-state index contributed by atoms with van der Waals surface area (Å²) in [5, 5.41) is 4.45. The molecule has 0 aromatic heterocycles. The highest BCUT2D eigenvalue weighted by atomic mass is 32.2. The number of nitrogens with zero attached hydrogens (tertiary/aromatic N) is 1. The molecule has 0 bridgehead atoms. The number of benzene rings is 4. The molecule has 1 N–H and O–H groups in total. The lowest BCUT2D eigenvalue weighted by molar-refractivity contribution is -0.116. The van der Waals surface area contributed by atoms with Crippen LogP contribution in [0.5, 0.6) is 0 Å². The zero-order valence-corrected chi connectivity index (χ0v) is 22.5. The normalized spacial score (nSPS) is 14.0. The Balaban J connectivity index is 1.22. The third-order valence-corrected chi connectivity index (χ3v) is 8.72. The average molecular weight is 527 g/mol. The first-order chi connectivity index (χ1) is 18.1. The summed E-state index contributed by atoms with van der Waals surface area (Å²) in [6, 6.07) is 25.3. The first-order valence-corrected chi connectivity index (χ1v) is 14.1. The molecule has 0 saturated carbocycles. The molecule has 6 nitrogen and oxygen atoms in total. The predicted molar refractivity (Wildman–Crippen MR) is 151 cm³/mol. The first-order valence-electron chi connectivity index (χ1n) is 12.7. The van der Waals surface area contributed by atoms with Crippen LogP contribution in [0.15, 0.2) is 89.8 Å². The second kappa shape index (κ2) is 9.72. The quantitative estimate of drug-likeness (QED) is 0.287. The second-order valence-electron chi connectivity index (χ2n) is 10.6. The van der Waals surface area contributed by atoms with Gasteiger partial charge in [-0.2, -0.15) is 0 Å². The van der Waals surface area contributed by atoms with Crippen LogP contribution in [0.1, 0.15) is 55.1 Å². The van der Waals surface area contributed by atoms with E-state index in [0.29, 0.717) is 33.8 Å². The molecule has 4 aromatic rings. The van der Waals surface area contributed by atoms with Crippen LogP contribution in [-0.2, 0) is 20.2 Å². The largest absolute Gasteiger partial charge is 0.326 e. The van der Waals surface area contributed by atoms with Gasteiger partial charge in [0.15, 0.2) is 5.78 Å². The Morgan fingerprint density at radius 1 is 0.842 bits per heavy atom. The highest BCUT2D eigenvalue weighted by Crippen LogP contribution is 2.42. The highest BCUT2D eigenvalue weighted by molar-refractivity contribution is 7.93. The average Bonchev–Trinajstić information content (AvgIpc) is 3.11. The van der Waals surface area contributed by atoms with E-state index in [4.69, 9.17) is 0 Å². The number of anilines is 2. The van der Waals surface area contributed by atoms with Crippen molar-refractivity contribution < 1.29 is 18.0 Å². The molecule has 1 heterocycles. The van der Waals surface area contributed by atoms with E-state index in [9.17, 15) is 18.0 Å². The fourth-order valence-corrected chi connectivity index (χ4v) is 6.58. The van der Waals surface area contributed by atoms with E-state index in [0.717, 1.165) is 16.3 Å². The summed E-state index contributed by atoms with van der Waals surface area (Å²) in [7, 11) is -3.64. The summed E-state index contributed by atoms with van der Waals surface area (Å²) < 4.78 is 27.6. The van der Waals surface area contributed by atoms with Gasteiger partial charge >= 0.3 is 0 Å². The van der Waals surface area contributed by atoms with Crippen LogP contribution in [-0.4, -0.2) is 26.7 Å². The molecular weight excluding hydrogens is 496 g/mol. The monoisotopic (exact) mass is 526 g/mol. The first kappa shape index (κ1) is 25.7. The van der Waals surface area contributed by atoms with E-state index >= 15 is 0 Å². The molecule has 0 aliphatic carbocycles. The number of hydrogen-bond acceptors (Lipinski definition) is 4. The molecule has 194 valence electrons. The minimum atomic E-state index is -3.64. The van der Waals surface area contributed by atoms with Crippen LogP contribution >= 0.6 is 0 Å². The molecule has 4 aromatic carbocycles. The van der Waals surface area contributed by atoms with Crippen molar-refractivity contribution in [3.8, 4) is 0 Å². The van der Waals surface area contributed by atoms with E-state index in [1.165, 1.54) is 4.31 Å². The Morgan fingerprint density at radius 3 is 2.24 bits per heavy atom. The third kappa shape index (κ3) is 4.82. The minimum Gasteiger partial charge on any atom is -0.326 e. The van der Waals surface area contributed by atoms with Crippen LogP contribution in [0.4, 0.5) is 11.4 Å². The van der Waals surface area contributed by atoms with E-state index in [1.807, 2.05) is 42.5 Å². The maximum atomic E-state index is 13.1. The number of ketones is 1. The van der Waals surface area contributed by atoms with E-state index in [-0.39, 0.29) is 30.1 Å². The number of carbonyl (C=O) groups is 2. The van der Waals surface area contributed by atoms with Crippen LogP contribution in [0.2, 0.25) is 0 Å². The molecule has 1 aliphatic rings. The van der Waals surface area contributed by atoms with E-state index < -0.39 is 10.0 Å². The molecular formula is C31H30N2O4S. The number of sulfonamides is 1. The van der Waals surface area contributed by atoms with Crippen molar-refractivity contribution >= 4 is 43.9 Å². The molecule has 1 amide bonds. The number of amides is 1. The lowest BCUT2D eigenvalue weighted by Gasteiger charge is -2.19. The van der Waals surface area contributed by atoms with Gasteiger partial charge in [-0.25, -0.2) is 8.42 Å². The molecule has 0 spiro atoms. The van der Waals surface area contributed by atoms with Crippen molar-refractivity contribution in [2.24, 2.45) is 0 Å². The second-order valence-corrected chi connectivity index (χ2v) is 12.4. The Kier molecular flexibility index (Phi) is 6.57. The van der Waals surface area contributed by atoms with Gasteiger partial charge in [-0.3, -0.25) is 13.9 Å². The molecule has 0 fully saturated rings. The van der Waals surface area contributed by atoms with Gasteiger partial charge in [0.2, 0.25) is 5.91 Å². The zero-order chi connectivity index (χ0) is 27.1. The smallest absolute Gasteiger partial charge is 0.265 e. The Hall–Kier alpha value is -3.97. The lowest BCUT2D eigenvalue weighted by Crippen LogP contribution is -2.29. The Labute approximate surface area is 223 Å². The van der Waals surface area contributed by atoms with Gasteiger partial charge in [0.1, 0.15) is 0 Å². The molecule has 7 heteroatoms. The van der Waals surface area contributed by atoms with Gasteiger partial charge in [0.25, 0.3) is 10.0 Å². The summed E-state index contributed by atoms with van der Waals surface area (Å²) in [6.45, 7) is 6.57. The van der Waals surface area contributed by atoms with Gasteiger partial charge < -0.3 is 5.32 Å². The van der Waals surface area contributed by atoms with Gasteiger partial charge in [-0.1, -0.05) is 81.4 Å². The van der Waals surface area contributed by atoms with Gasteiger partial charge in [-0.05, 0) is 47.1 Å². The summed E-state index contributed by atoms with van der Waals surface area (Å²) in [5.74, 6) is -0.356. The number of nitrogens with one attached hydrogen (secondary N) is 1. The third-order valence-electron chi connectivity index (χ3n) is 6.87. The Morgan fingerprint density at radius 2 is 1.53 bits per heavy atom. The topological polar surface area (TPSA) is 83.6 Å². The molecule has 1 aliphatic heterocycles.